The van der Waals surface area contributed by atoms with Crippen molar-refractivity contribution in [2.24, 2.45) is 0 Å². The van der Waals surface area contributed by atoms with Gasteiger partial charge in [-0.15, -0.1) is 0 Å². The molecule has 0 spiro atoms. The standard InChI is InChI=1S/C7H7NO3/c1-11-7-4-2-3-6(5-7)8(9)10/h2-5H,1H3/i3D. The summed E-state index contributed by atoms with van der Waals surface area (Å²) in [6.45, 7) is 0. The minimum absolute atomic E-state index is 0.110. The molecular formula is C7H7NO3. The van der Waals surface area contributed by atoms with E-state index in [4.69, 9.17) is 6.11 Å². The molecule has 0 aliphatic heterocycles. The van der Waals surface area contributed by atoms with Gasteiger partial charge >= 0.3 is 0 Å². The van der Waals surface area contributed by atoms with E-state index in [1.807, 2.05) is 0 Å². The van der Waals surface area contributed by atoms with Crippen LogP contribution in [0.15, 0.2) is 24.2 Å². The minimum Gasteiger partial charge on any atom is -0.497 e. The van der Waals surface area contributed by atoms with Crippen LogP contribution in [-0.4, -0.2) is 12.0 Å². The van der Waals surface area contributed by atoms with E-state index < -0.39 is 4.92 Å². The molecule has 1 rings (SSSR count). The first-order chi connectivity index (χ1) is 5.65. The quantitative estimate of drug-likeness (QED) is 0.480. The van der Waals surface area contributed by atoms with Gasteiger partial charge in [-0.3, -0.25) is 10.1 Å². The van der Waals surface area contributed by atoms with Crippen molar-refractivity contribution in [2.45, 2.75) is 0 Å². The second-order valence-electron chi connectivity index (χ2n) is 1.87. The first kappa shape index (κ1) is 6.15. The lowest BCUT2D eigenvalue weighted by atomic mass is 10.3. The van der Waals surface area contributed by atoms with Crippen molar-refractivity contribution in [3.63, 3.8) is 0 Å². The zero-order chi connectivity index (χ0) is 9.14. The molecule has 58 valence electrons. The SMILES string of the molecule is [2H]c1ccc(OC)cc1[N+](=O)[O-]. The van der Waals surface area contributed by atoms with Crippen LogP contribution in [0.1, 0.15) is 1.37 Å². The lowest BCUT2D eigenvalue weighted by Gasteiger charge is -1.96. The molecule has 1 aromatic carbocycles. The van der Waals surface area contributed by atoms with E-state index in [-0.39, 0.29) is 11.7 Å². The van der Waals surface area contributed by atoms with Crippen LogP contribution in [0, 0.1) is 10.1 Å². The number of hydrogen-bond acceptors (Lipinski definition) is 3. The molecule has 4 heteroatoms. The Morgan fingerprint density at radius 3 is 3.09 bits per heavy atom. The first-order valence-electron chi connectivity index (χ1n) is 3.44. The minimum atomic E-state index is -0.606. The Balaban J connectivity index is 3.17. The molecule has 0 atom stereocenters. The molecule has 0 aliphatic rings. The summed E-state index contributed by atoms with van der Waals surface area (Å²) in [7, 11) is 1.42. The van der Waals surface area contributed by atoms with Crippen LogP contribution in [0.3, 0.4) is 0 Å². The molecule has 1 aromatic rings. The molecule has 0 unspecified atom stereocenters. The molecule has 0 amide bonds. The lowest BCUT2D eigenvalue weighted by molar-refractivity contribution is -0.384. The fourth-order valence-electron chi connectivity index (χ4n) is 0.666. The van der Waals surface area contributed by atoms with Gasteiger partial charge in [-0.1, -0.05) is 6.07 Å². The van der Waals surface area contributed by atoms with Crippen molar-refractivity contribution in [3.8, 4) is 5.75 Å². The maximum Gasteiger partial charge on any atom is 0.273 e. The predicted molar refractivity (Wildman–Crippen MR) is 39.6 cm³/mol. The van der Waals surface area contributed by atoms with Gasteiger partial charge < -0.3 is 4.74 Å². The van der Waals surface area contributed by atoms with Crippen molar-refractivity contribution in [2.75, 3.05) is 7.11 Å². The third kappa shape index (κ3) is 1.67. The van der Waals surface area contributed by atoms with E-state index in [1.165, 1.54) is 25.3 Å². The van der Waals surface area contributed by atoms with Gasteiger partial charge in [-0.2, -0.15) is 0 Å². The Morgan fingerprint density at radius 1 is 1.82 bits per heavy atom. The average molecular weight is 154 g/mol. The van der Waals surface area contributed by atoms with Crippen molar-refractivity contribution >= 4 is 5.69 Å². The molecule has 0 N–H and O–H groups in total. The van der Waals surface area contributed by atoms with Crippen LogP contribution in [-0.2, 0) is 0 Å². The Kier molecular flexibility index (Phi) is 1.68. The van der Waals surface area contributed by atoms with Crippen LogP contribution in [0.4, 0.5) is 5.69 Å². The van der Waals surface area contributed by atoms with E-state index >= 15 is 0 Å². The molecular weight excluding hydrogens is 146 g/mol. The van der Waals surface area contributed by atoms with Gasteiger partial charge in [0.2, 0.25) is 0 Å². The number of rotatable bonds is 2. The molecule has 0 saturated heterocycles. The highest BCUT2D eigenvalue weighted by molar-refractivity contribution is 5.37. The Bertz CT molecular complexity index is 314. The van der Waals surface area contributed by atoms with Crippen LogP contribution >= 0.6 is 0 Å². The number of nitro benzene ring substituents is 1. The number of nitro groups is 1. The molecule has 0 aromatic heterocycles. The average Bonchev–Trinajstić information content (AvgIpc) is 2.05. The van der Waals surface area contributed by atoms with E-state index in [0.717, 1.165) is 0 Å². The maximum absolute atomic E-state index is 10.3. The van der Waals surface area contributed by atoms with E-state index in [2.05, 4.69) is 0 Å². The van der Waals surface area contributed by atoms with Crippen molar-refractivity contribution in [1.82, 2.24) is 0 Å². The van der Waals surface area contributed by atoms with Gasteiger partial charge in [0, 0.05) is 6.04 Å². The summed E-state index contributed by atoms with van der Waals surface area (Å²) in [6, 6.07) is 3.95. The Labute approximate surface area is 65.0 Å². The zero-order valence-corrected chi connectivity index (χ0v) is 5.90. The molecule has 0 radical (unpaired) electrons. The highest BCUT2D eigenvalue weighted by Gasteiger charge is 2.04. The highest BCUT2D eigenvalue weighted by Crippen LogP contribution is 2.17. The summed E-state index contributed by atoms with van der Waals surface area (Å²) < 4.78 is 11.9. The molecule has 11 heavy (non-hydrogen) atoms. The fraction of sp³-hybridized carbons (Fsp3) is 0.143. The van der Waals surface area contributed by atoms with E-state index in [0.29, 0.717) is 5.75 Å². The molecule has 0 heterocycles. The van der Waals surface area contributed by atoms with E-state index in [1.54, 1.807) is 0 Å². The van der Waals surface area contributed by atoms with Gasteiger partial charge in [-0.05, 0) is 6.07 Å². The largest absolute Gasteiger partial charge is 0.497 e. The molecule has 0 bridgehead atoms. The molecule has 0 aliphatic carbocycles. The maximum atomic E-state index is 10.3. The number of ether oxygens (including phenoxy) is 1. The van der Waals surface area contributed by atoms with Crippen LogP contribution in [0.25, 0.3) is 0 Å². The van der Waals surface area contributed by atoms with Gasteiger partial charge in [0.1, 0.15) is 5.75 Å². The van der Waals surface area contributed by atoms with Gasteiger partial charge in [0.05, 0.1) is 19.5 Å². The zero-order valence-electron chi connectivity index (χ0n) is 6.90. The Hall–Kier alpha value is -1.58. The first-order valence-corrected chi connectivity index (χ1v) is 2.94. The predicted octanol–water partition coefficient (Wildman–Crippen LogP) is 1.60. The third-order valence-corrected chi connectivity index (χ3v) is 1.19. The van der Waals surface area contributed by atoms with Crippen molar-refractivity contribution in [3.05, 3.63) is 34.4 Å². The summed E-state index contributed by atoms with van der Waals surface area (Å²) in [5, 5.41) is 10.3. The van der Waals surface area contributed by atoms with Crippen LogP contribution < -0.4 is 4.74 Å². The Morgan fingerprint density at radius 2 is 2.55 bits per heavy atom. The number of methoxy groups -OCH3 is 1. The normalized spacial score (nSPS) is 10.5. The summed E-state index contributed by atoms with van der Waals surface area (Å²) in [5.41, 5.74) is -0.241. The third-order valence-electron chi connectivity index (χ3n) is 1.19. The van der Waals surface area contributed by atoms with Gasteiger partial charge in [0.15, 0.2) is 0 Å². The second-order valence-corrected chi connectivity index (χ2v) is 1.87. The highest BCUT2D eigenvalue weighted by atomic mass is 16.6. The van der Waals surface area contributed by atoms with Gasteiger partial charge in [-0.25, -0.2) is 0 Å². The smallest absolute Gasteiger partial charge is 0.273 e. The number of benzene rings is 1. The van der Waals surface area contributed by atoms with Crippen LogP contribution in [0.2, 0.25) is 0 Å². The summed E-state index contributed by atoms with van der Waals surface area (Å²) in [4.78, 5) is 9.71. The molecule has 0 fully saturated rings. The monoisotopic (exact) mass is 154 g/mol. The topological polar surface area (TPSA) is 52.4 Å². The fourth-order valence-corrected chi connectivity index (χ4v) is 0.666. The van der Waals surface area contributed by atoms with E-state index in [9.17, 15) is 10.1 Å². The molecule has 4 nitrogen and oxygen atoms in total. The number of nitrogens with zero attached hydrogens (tertiary/aromatic N) is 1. The van der Waals surface area contributed by atoms with Gasteiger partial charge in [0.25, 0.3) is 5.69 Å². The second kappa shape index (κ2) is 3.01. The van der Waals surface area contributed by atoms with Crippen LogP contribution in [0.5, 0.6) is 5.75 Å². The summed E-state index contributed by atoms with van der Waals surface area (Å²) >= 11 is 0. The summed E-state index contributed by atoms with van der Waals surface area (Å²) in [5.74, 6) is 0.387. The number of hydrogen-bond donors (Lipinski definition) is 0. The van der Waals surface area contributed by atoms with Crippen molar-refractivity contribution in [1.29, 1.82) is 0 Å². The molecule has 0 saturated carbocycles. The lowest BCUT2D eigenvalue weighted by Crippen LogP contribution is -1.88. The van der Waals surface area contributed by atoms with Crippen molar-refractivity contribution < 1.29 is 11.0 Å². The summed E-state index contributed by atoms with van der Waals surface area (Å²) in [6.07, 6.45) is 0.